The Kier molecular flexibility index (Phi) is 5.59. The predicted octanol–water partition coefficient (Wildman–Crippen LogP) is 0.948. The van der Waals surface area contributed by atoms with E-state index in [4.69, 9.17) is 0 Å². The second-order valence-corrected chi connectivity index (χ2v) is 6.42. The Morgan fingerprint density at radius 3 is 2.71 bits per heavy atom. The van der Waals surface area contributed by atoms with E-state index in [0.29, 0.717) is 18.2 Å². The SMILES string of the molecule is CCC(C)C1NC(C)N(CCCS(C)=O)C1=O. The molecule has 100 valence electrons. The summed E-state index contributed by atoms with van der Waals surface area (Å²) in [6, 6.07) is -0.0397. The third-order valence-corrected chi connectivity index (χ3v) is 4.34. The van der Waals surface area contributed by atoms with Crippen LogP contribution in [0.3, 0.4) is 0 Å². The zero-order valence-corrected chi connectivity index (χ0v) is 12.0. The number of hydrogen-bond donors (Lipinski definition) is 1. The molecule has 5 heteroatoms. The van der Waals surface area contributed by atoms with E-state index in [1.165, 1.54) is 0 Å². The summed E-state index contributed by atoms with van der Waals surface area (Å²) in [7, 11) is -0.766. The summed E-state index contributed by atoms with van der Waals surface area (Å²) in [6.45, 7) is 6.93. The summed E-state index contributed by atoms with van der Waals surface area (Å²) < 4.78 is 11.0. The summed E-state index contributed by atoms with van der Waals surface area (Å²) in [5, 5.41) is 3.34. The number of carbonyl (C=O) groups excluding carboxylic acids is 1. The fourth-order valence-electron chi connectivity index (χ4n) is 2.18. The highest BCUT2D eigenvalue weighted by Gasteiger charge is 2.38. The number of amides is 1. The molecule has 4 atom stereocenters. The van der Waals surface area contributed by atoms with Crippen molar-refractivity contribution in [2.24, 2.45) is 5.92 Å². The average molecular weight is 260 g/mol. The first kappa shape index (κ1) is 14.6. The van der Waals surface area contributed by atoms with Gasteiger partial charge in [-0.15, -0.1) is 0 Å². The van der Waals surface area contributed by atoms with Gasteiger partial charge in [-0.2, -0.15) is 0 Å². The number of nitrogens with zero attached hydrogens (tertiary/aromatic N) is 1. The Morgan fingerprint density at radius 2 is 2.18 bits per heavy atom. The molecule has 0 saturated carbocycles. The predicted molar refractivity (Wildman–Crippen MR) is 71.1 cm³/mol. The van der Waals surface area contributed by atoms with E-state index < -0.39 is 10.8 Å². The van der Waals surface area contributed by atoms with Crippen molar-refractivity contribution in [3.8, 4) is 0 Å². The zero-order valence-electron chi connectivity index (χ0n) is 11.2. The summed E-state index contributed by atoms with van der Waals surface area (Å²) in [5.74, 6) is 1.24. The quantitative estimate of drug-likeness (QED) is 0.773. The van der Waals surface area contributed by atoms with Gasteiger partial charge in [-0.3, -0.25) is 14.3 Å². The number of carbonyl (C=O) groups is 1. The van der Waals surface area contributed by atoms with Crippen LogP contribution >= 0.6 is 0 Å². The zero-order chi connectivity index (χ0) is 13.0. The summed E-state index contributed by atoms with van der Waals surface area (Å²) in [5.41, 5.74) is 0. The molecule has 4 nitrogen and oxygen atoms in total. The molecule has 0 bridgehead atoms. The summed E-state index contributed by atoms with van der Waals surface area (Å²) >= 11 is 0. The molecule has 0 aliphatic carbocycles. The van der Waals surface area contributed by atoms with E-state index in [0.717, 1.165) is 12.8 Å². The molecule has 0 spiro atoms. The topological polar surface area (TPSA) is 49.4 Å². The maximum atomic E-state index is 12.2. The number of nitrogens with one attached hydrogen (secondary N) is 1. The lowest BCUT2D eigenvalue weighted by atomic mass is 9.99. The van der Waals surface area contributed by atoms with Gasteiger partial charge in [0.25, 0.3) is 0 Å². The second kappa shape index (κ2) is 6.50. The van der Waals surface area contributed by atoms with Gasteiger partial charge in [0.15, 0.2) is 0 Å². The second-order valence-electron chi connectivity index (χ2n) is 4.87. The fraction of sp³-hybridized carbons (Fsp3) is 0.917. The van der Waals surface area contributed by atoms with Crippen LogP contribution in [0, 0.1) is 5.92 Å². The van der Waals surface area contributed by atoms with E-state index in [1.54, 1.807) is 6.26 Å². The van der Waals surface area contributed by atoms with Crippen LogP contribution in [-0.4, -0.2) is 45.8 Å². The van der Waals surface area contributed by atoms with Crippen molar-refractivity contribution in [1.29, 1.82) is 0 Å². The van der Waals surface area contributed by atoms with Gasteiger partial charge in [0, 0.05) is 29.4 Å². The summed E-state index contributed by atoms with van der Waals surface area (Å²) in [6.07, 6.45) is 3.62. The van der Waals surface area contributed by atoms with Crippen LogP contribution < -0.4 is 5.32 Å². The van der Waals surface area contributed by atoms with Gasteiger partial charge in [-0.05, 0) is 19.3 Å². The van der Waals surface area contributed by atoms with Crippen LogP contribution in [0.25, 0.3) is 0 Å². The molecule has 1 N–H and O–H groups in total. The molecule has 1 saturated heterocycles. The van der Waals surface area contributed by atoms with Crippen LogP contribution in [0.4, 0.5) is 0 Å². The molecule has 17 heavy (non-hydrogen) atoms. The van der Waals surface area contributed by atoms with Gasteiger partial charge in [0.05, 0.1) is 12.2 Å². The van der Waals surface area contributed by atoms with Crippen LogP contribution in [-0.2, 0) is 15.6 Å². The van der Waals surface area contributed by atoms with Gasteiger partial charge >= 0.3 is 0 Å². The lowest BCUT2D eigenvalue weighted by molar-refractivity contribution is -0.130. The molecule has 1 aliphatic heterocycles. The maximum Gasteiger partial charge on any atom is 0.241 e. The Bertz CT molecular complexity index is 296. The first-order valence-corrected chi connectivity index (χ1v) is 8.06. The Labute approximate surface area is 107 Å². The molecule has 1 heterocycles. The third kappa shape index (κ3) is 3.78. The first-order valence-electron chi connectivity index (χ1n) is 6.34. The third-order valence-electron chi connectivity index (χ3n) is 3.48. The van der Waals surface area contributed by atoms with E-state index in [2.05, 4.69) is 19.2 Å². The van der Waals surface area contributed by atoms with Crippen molar-refractivity contribution in [3.05, 3.63) is 0 Å². The molecule has 0 aromatic carbocycles. The molecular weight excluding hydrogens is 236 g/mol. The van der Waals surface area contributed by atoms with Crippen molar-refractivity contribution >= 4 is 16.7 Å². The van der Waals surface area contributed by atoms with E-state index in [-0.39, 0.29) is 18.1 Å². The molecule has 0 aromatic rings. The van der Waals surface area contributed by atoms with Crippen molar-refractivity contribution < 1.29 is 9.00 Å². The molecule has 1 rings (SSSR count). The van der Waals surface area contributed by atoms with Crippen molar-refractivity contribution in [1.82, 2.24) is 10.2 Å². The van der Waals surface area contributed by atoms with Crippen LogP contribution in [0.5, 0.6) is 0 Å². The van der Waals surface area contributed by atoms with E-state index >= 15 is 0 Å². The number of rotatable bonds is 6. The van der Waals surface area contributed by atoms with Crippen LogP contribution in [0.1, 0.15) is 33.6 Å². The van der Waals surface area contributed by atoms with Gasteiger partial charge in [0.1, 0.15) is 0 Å². The molecule has 0 radical (unpaired) electrons. The molecular formula is C12H24N2O2S. The molecule has 1 amide bonds. The minimum absolute atomic E-state index is 0.0397. The van der Waals surface area contributed by atoms with Crippen molar-refractivity contribution in [3.63, 3.8) is 0 Å². The van der Waals surface area contributed by atoms with E-state index in [1.807, 2.05) is 11.8 Å². The van der Waals surface area contributed by atoms with Crippen molar-refractivity contribution in [2.75, 3.05) is 18.6 Å². The smallest absolute Gasteiger partial charge is 0.241 e. The van der Waals surface area contributed by atoms with Gasteiger partial charge in [0.2, 0.25) is 5.91 Å². The lowest BCUT2D eigenvalue weighted by Gasteiger charge is -2.20. The Morgan fingerprint density at radius 1 is 1.53 bits per heavy atom. The highest BCUT2D eigenvalue weighted by molar-refractivity contribution is 7.84. The normalized spacial score (nSPS) is 28.5. The fourth-order valence-corrected chi connectivity index (χ4v) is 2.71. The highest BCUT2D eigenvalue weighted by Crippen LogP contribution is 2.19. The Balaban J connectivity index is 2.50. The van der Waals surface area contributed by atoms with Crippen LogP contribution in [0.2, 0.25) is 0 Å². The highest BCUT2D eigenvalue weighted by atomic mass is 32.2. The standard InChI is InChI=1S/C12H24N2O2S/c1-5-9(2)11-12(15)14(10(3)13-11)7-6-8-17(4)16/h9-11,13H,5-8H2,1-4H3. The number of hydrogen-bond acceptors (Lipinski definition) is 3. The molecule has 1 fully saturated rings. The first-order chi connectivity index (χ1) is 7.97. The summed E-state index contributed by atoms with van der Waals surface area (Å²) in [4.78, 5) is 14.1. The minimum atomic E-state index is -0.766. The maximum absolute atomic E-state index is 12.2. The average Bonchev–Trinajstić information content (AvgIpc) is 2.55. The molecule has 0 aromatic heterocycles. The van der Waals surface area contributed by atoms with E-state index in [9.17, 15) is 9.00 Å². The Hall–Kier alpha value is -0.420. The molecule has 4 unspecified atom stereocenters. The minimum Gasteiger partial charge on any atom is -0.326 e. The molecule has 1 aliphatic rings. The lowest BCUT2D eigenvalue weighted by Crippen LogP contribution is -2.36. The van der Waals surface area contributed by atoms with Gasteiger partial charge in [-0.25, -0.2) is 0 Å². The largest absolute Gasteiger partial charge is 0.326 e. The van der Waals surface area contributed by atoms with Gasteiger partial charge in [-0.1, -0.05) is 20.3 Å². The van der Waals surface area contributed by atoms with Gasteiger partial charge < -0.3 is 4.90 Å². The monoisotopic (exact) mass is 260 g/mol. The van der Waals surface area contributed by atoms with Crippen LogP contribution in [0.15, 0.2) is 0 Å². The van der Waals surface area contributed by atoms with Crippen molar-refractivity contribution in [2.45, 2.75) is 45.8 Å².